The summed E-state index contributed by atoms with van der Waals surface area (Å²) in [5.74, 6) is -2.01. The van der Waals surface area contributed by atoms with Crippen LogP contribution >= 0.6 is 0 Å². The molecule has 0 aliphatic carbocycles. The van der Waals surface area contributed by atoms with Crippen molar-refractivity contribution in [3.05, 3.63) is 48.0 Å². The summed E-state index contributed by atoms with van der Waals surface area (Å²) in [5.41, 5.74) is 0.821. The molecule has 1 saturated heterocycles. The third-order valence-electron chi connectivity index (χ3n) is 4.44. The van der Waals surface area contributed by atoms with Gasteiger partial charge in [-0.15, -0.1) is 0 Å². The molecule has 1 fully saturated rings. The average molecular weight is 385 g/mol. The second kappa shape index (κ2) is 9.55. The van der Waals surface area contributed by atoms with E-state index < -0.39 is 30.1 Å². The third kappa shape index (κ3) is 6.39. The van der Waals surface area contributed by atoms with Crippen molar-refractivity contribution in [3.63, 3.8) is 0 Å². The molecule has 0 spiro atoms. The number of halogens is 3. The summed E-state index contributed by atoms with van der Waals surface area (Å²) < 4.78 is 49.6. The number of rotatable bonds is 6. The van der Waals surface area contributed by atoms with Crippen molar-refractivity contribution >= 4 is 11.9 Å². The van der Waals surface area contributed by atoms with Gasteiger partial charge in [0, 0.05) is 12.6 Å². The molecule has 27 heavy (non-hydrogen) atoms. The number of hydrogen-bond acceptors (Lipinski definition) is 5. The maximum Gasteiger partial charge on any atom is 0.404 e. The van der Waals surface area contributed by atoms with Gasteiger partial charge >= 0.3 is 18.1 Å². The molecule has 0 radical (unpaired) electrons. The molecule has 1 aromatic carbocycles. The standard InChI is InChI=1S/C19H22F3NO4/c1-26-18(25)15-9-11-23(16(12-15)19(20,21)22)10-5-8-17(24)27-13-14-6-3-2-4-7-14/h2-8,15-16H,9-13H2,1H3/b8-5+/t15-,16+/m0/s1. The lowest BCUT2D eigenvalue weighted by molar-refractivity contribution is -0.196. The monoisotopic (exact) mass is 385 g/mol. The van der Waals surface area contributed by atoms with E-state index >= 15 is 0 Å². The smallest absolute Gasteiger partial charge is 0.404 e. The van der Waals surface area contributed by atoms with Crippen LogP contribution in [0.3, 0.4) is 0 Å². The Labute approximate surface area is 155 Å². The van der Waals surface area contributed by atoms with Crippen LogP contribution in [-0.4, -0.2) is 49.3 Å². The Bertz CT molecular complexity index is 661. The van der Waals surface area contributed by atoms with Crippen LogP contribution in [0.4, 0.5) is 13.2 Å². The highest BCUT2D eigenvalue weighted by Gasteiger charge is 2.47. The molecule has 148 valence electrons. The summed E-state index contributed by atoms with van der Waals surface area (Å²) in [6.07, 6.45) is -2.05. The summed E-state index contributed by atoms with van der Waals surface area (Å²) in [7, 11) is 1.17. The molecule has 0 bridgehead atoms. The van der Waals surface area contributed by atoms with Crippen LogP contribution < -0.4 is 0 Å². The molecule has 8 heteroatoms. The largest absolute Gasteiger partial charge is 0.469 e. The Kier molecular flexibility index (Phi) is 7.41. The number of ether oxygens (including phenoxy) is 2. The van der Waals surface area contributed by atoms with Crippen molar-refractivity contribution in [2.24, 2.45) is 5.92 Å². The first-order valence-corrected chi connectivity index (χ1v) is 8.57. The van der Waals surface area contributed by atoms with Crippen molar-refractivity contribution in [1.82, 2.24) is 4.90 Å². The molecule has 0 N–H and O–H groups in total. The molecular weight excluding hydrogens is 363 g/mol. The minimum Gasteiger partial charge on any atom is -0.469 e. The fourth-order valence-corrected chi connectivity index (χ4v) is 3.01. The first-order valence-electron chi connectivity index (χ1n) is 8.57. The van der Waals surface area contributed by atoms with Gasteiger partial charge in [0.05, 0.1) is 13.0 Å². The highest BCUT2D eigenvalue weighted by molar-refractivity contribution is 5.81. The van der Waals surface area contributed by atoms with Crippen LogP contribution in [0.5, 0.6) is 0 Å². The zero-order valence-electron chi connectivity index (χ0n) is 14.9. The summed E-state index contributed by atoms with van der Waals surface area (Å²) in [6.45, 7) is 0.131. The van der Waals surface area contributed by atoms with Gasteiger partial charge in [0.25, 0.3) is 0 Å². The molecule has 5 nitrogen and oxygen atoms in total. The number of benzene rings is 1. The number of carbonyl (C=O) groups excluding carboxylic acids is 2. The van der Waals surface area contributed by atoms with E-state index in [0.29, 0.717) is 0 Å². The summed E-state index contributed by atoms with van der Waals surface area (Å²) in [4.78, 5) is 24.5. The van der Waals surface area contributed by atoms with Crippen molar-refractivity contribution in [1.29, 1.82) is 0 Å². The number of nitrogens with zero attached hydrogens (tertiary/aromatic N) is 1. The molecule has 0 aromatic heterocycles. The number of esters is 2. The van der Waals surface area contributed by atoms with Crippen LogP contribution in [0.2, 0.25) is 0 Å². The molecule has 2 rings (SSSR count). The van der Waals surface area contributed by atoms with Crippen molar-refractivity contribution in [2.75, 3.05) is 20.2 Å². The molecule has 1 heterocycles. The fraction of sp³-hybridized carbons (Fsp3) is 0.474. The highest BCUT2D eigenvalue weighted by atomic mass is 19.4. The van der Waals surface area contributed by atoms with Gasteiger partial charge in [0.2, 0.25) is 0 Å². The van der Waals surface area contributed by atoms with Crippen LogP contribution in [0, 0.1) is 5.92 Å². The molecule has 2 atom stereocenters. The number of likely N-dealkylation sites (tertiary alicyclic amines) is 1. The zero-order valence-corrected chi connectivity index (χ0v) is 14.9. The van der Waals surface area contributed by atoms with E-state index in [9.17, 15) is 22.8 Å². The average Bonchev–Trinajstić information content (AvgIpc) is 2.66. The maximum absolute atomic E-state index is 13.3. The number of carbonyl (C=O) groups is 2. The van der Waals surface area contributed by atoms with Gasteiger partial charge in [0.15, 0.2) is 0 Å². The third-order valence-corrected chi connectivity index (χ3v) is 4.44. The highest BCUT2D eigenvalue weighted by Crippen LogP contribution is 2.34. The number of hydrogen-bond donors (Lipinski definition) is 0. The van der Waals surface area contributed by atoms with Crippen LogP contribution in [-0.2, 0) is 25.7 Å². The van der Waals surface area contributed by atoms with Crippen LogP contribution in [0.15, 0.2) is 42.5 Å². The van der Waals surface area contributed by atoms with Crippen molar-refractivity contribution in [3.8, 4) is 0 Å². The van der Waals surface area contributed by atoms with E-state index in [2.05, 4.69) is 4.74 Å². The van der Waals surface area contributed by atoms with E-state index in [4.69, 9.17) is 4.74 Å². The van der Waals surface area contributed by atoms with Gasteiger partial charge in [-0.25, -0.2) is 4.79 Å². The lowest BCUT2D eigenvalue weighted by atomic mass is 9.90. The van der Waals surface area contributed by atoms with E-state index in [1.165, 1.54) is 18.1 Å². The number of methoxy groups -OCH3 is 1. The van der Waals surface area contributed by atoms with Crippen molar-refractivity contribution < 1.29 is 32.2 Å². The second-order valence-electron chi connectivity index (χ2n) is 6.29. The lowest BCUT2D eigenvalue weighted by Gasteiger charge is -2.38. The van der Waals surface area contributed by atoms with Crippen LogP contribution in [0.1, 0.15) is 18.4 Å². The van der Waals surface area contributed by atoms with Gasteiger partial charge in [-0.1, -0.05) is 36.4 Å². The minimum absolute atomic E-state index is 0.0570. The topological polar surface area (TPSA) is 55.8 Å². The first-order chi connectivity index (χ1) is 12.8. The molecule has 0 amide bonds. The van der Waals surface area contributed by atoms with E-state index in [0.717, 1.165) is 11.6 Å². The summed E-state index contributed by atoms with van der Waals surface area (Å²) in [6, 6.07) is 7.32. The number of alkyl halides is 3. The molecule has 0 unspecified atom stereocenters. The normalized spacial score (nSPS) is 21.2. The van der Waals surface area contributed by atoms with E-state index in [1.54, 1.807) is 12.1 Å². The zero-order chi connectivity index (χ0) is 19.9. The first kappa shape index (κ1) is 21.0. The van der Waals surface area contributed by atoms with Gasteiger partial charge in [0.1, 0.15) is 12.6 Å². The molecule has 1 aliphatic heterocycles. The maximum atomic E-state index is 13.3. The Morgan fingerprint density at radius 1 is 1.26 bits per heavy atom. The Balaban J connectivity index is 1.87. The lowest BCUT2D eigenvalue weighted by Crippen LogP contribution is -2.51. The SMILES string of the molecule is COC(=O)[C@H]1CCN(C/C=C/C(=O)OCc2ccccc2)[C@@H](C(F)(F)F)C1. The predicted octanol–water partition coefficient (Wildman–Crippen LogP) is 3.10. The minimum atomic E-state index is -4.46. The van der Waals surface area contributed by atoms with Crippen LogP contribution in [0.25, 0.3) is 0 Å². The Morgan fingerprint density at radius 2 is 1.96 bits per heavy atom. The predicted molar refractivity (Wildman–Crippen MR) is 91.5 cm³/mol. The van der Waals surface area contributed by atoms with Gasteiger partial charge in [-0.2, -0.15) is 13.2 Å². The van der Waals surface area contributed by atoms with E-state index in [1.807, 2.05) is 18.2 Å². The molecular formula is C19H22F3NO4. The second-order valence-corrected chi connectivity index (χ2v) is 6.29. The Morgan fingerprint density at radius 3 is 2.59 bits per heavy atom. The van der Waals surface area contributed by atoms with E-state index in [-0.39, 0.29) is 32.5 Å². The van der Waals surface area contributed by atoms with Gasteiger partial charge in [-0.3, -0.25) is 9.69 Å². The van der Waals surface area contributed by atoms with Crippen molar-refractivity contribution in [2.45, 2.75) is 31.7 Å². The molecule has 1 aliphatic rings. The number of piperidine rings is 1. The quantitative estimate of drug-likeness (QED) is 0.556. The van der Waals surface area contributed by atoms with Gasteiger partial charge < -0.3 is 9.47 Å². The Hall–Kier alpha value is -2.35. The fourth-order valence-electron chi connectivity index (χ4n) is 3.01. The van der Waals surface area contributed by atoms with Gasteiger partial charge in [-0.05, 0) is 24.9 Å². The molecule has 0 saturated carbocycles. The summed E-state index contributed by atoms with van der Waals surface area (Å²) in [5, 5.41) is 0. The summed E-state index contributed by atoms with van der Waals surface area (Å²) >= 11 is 0. The molecule has 1 aromatic rings.